The Bertz CT molecular complexity index is 2390. The molecule has 0 N–H and O–H groups in total. The Morgan fingerprint density at radius 1 is 0.387 bits per heavy atom. The van der Waals surface area contributed by atoms with Crippen LogP contribution in [0.15, 0.2) is 180 Å². The lowest BCUT2D eigenvalue weighted by Crippen LogP contribution is -2.08. The zero-order valence-corrected chi connectivity index (χ0v) is 34.3. The largest absolute Gasteiger partial charge is 0.494 e. The molecular formula is C52H44N2O8. The smallest absolute Gasteiger partial charge is 0.343 e. The number of esters is 2. The van der Waals surface area contributed by atoms with E-state index >= 15 is 0 Å². The van der Waals surface area contributed by atoms with Crippen molar-refractivity contribution in [3.8, 4) is 46.0 Å². The third-order valence-electron chi connectivity index (χ3n) is 9.00. The maximum absolute atomic E-state index is 12.6. The molecule has 0 fully saturated rings. The molecule has 10 nitrogen and oxygen atoms in total. The minimum Gasteiger partial charge on any atom is -0.494 e. The number of carbonyl (C=O) groups is 2. The van der Waals surface area contributed by atoms with E-state index in [0.717, 1.165) is 46.8 Å². The highest BCUT2D eigenvalue weighted by atomic mass is 16.5. The summed E-state index contributed by atoms with van der Waals surface area (Å²) in [6.07, 6.45) is 5.31. The lowest BCUT2D eigenvalue weighted by molar-refractivity contribution is 0.0725. The maximum Gasteiger partial charge on any atom is 0.343 e. The first kappa shape index (κ1) is 42.2. The van der Waals surface area contributed by atoms with Gasteiger partial charge in [-0.15, -0.1) is 0 Å². The second-order valence-electron chi connectivity index (χ2n) is 13.8. The van der Waals surface area contributed by atoms with Gasteiger partial charge in [0, 0.05) is 12.4 Å². The van der Waals surface area contributed by atoms with Crippen molar-refractivity contribution < 1.29 is 38.0 Å². The van der Waals surface area contributed by atoms with E-state index in [2.05, 4.69) is 9.98 Å². The van der Waals surface area contributed by atoms with Gasteiger partial charge in [-0.2, -0.15) is 0 Å². The SMILES string of the molecule is CCCOc1ccc(C(=O)Oc2ccc(C=Nc3ccc(Oc4ccc(Oc5ccc(N=Cc6ccc(OC(=O)c7ccc(OCCC)cc7)cc6)cc5)cc4)cc3)cc2)cc1. The van der Waals surface area contributed by atoms with Crippen molar-refractivity contribution in [3.63, 3.8) is 0 Å². The summed E-state index contributed by atoms with van der Waals surface area (Å²) in [4.78, 5) is 34.2. The lowest BCUT2D eigenvalue weighted by atomic mass is 10.2. The molecule has 7 aromatic rings. The average Bonchev–Trinajstić information content (AvgIpc) is 3.31. The molecule has 0 saturated heterocycles. The van der Waals surface area contributed by atoms with Crippen LogP contribution in [0.1, 0.15) is 58.5 Å². The van der Waals surface area contributed by atoms with Crippen molar-refractivity contribution in [1.82, 2.24) is 0 Å². The van der Waals surface area contributed by atoms with Crippen molar-refractivity contribution in [1.29, 1.82) is 0 Å². The van der Waals surface area contributed by atoms with Crippen LogP contribution in [0.3, 0.4) is 0 Å². The molecular weight excluding hydrogens is 781 g/mol. The summed E-state index contributed by atoms with van der Waals surface area (Å²) in [6.45, 7) is 5.33. The molecule has 0 aliphatic rings. The predicted octanol–water partition coefficient (Wildman–Crippen LogP) is 12.8. The number of benzene rings is 7. The fourth-order valence-corrected chi connectivity index (χ4v) is 5.74. The van der Waals surface area contributed by atoms with Gasteiger partial charge in [0.1, 0.15) is 46.0 Å². The van der Waals surface area contributed by atoms with Crippen LogP contribution in [0.4, 0.5) is 11.4 Å². The van der Waals surface area contributed by atoms with Gasteiger partial charge in [-0.1, -0.05) is 13.8 Å². The molecule has 0 aromatic heterocycles. The van der Waals surface area contributed by atoms with E-state index in [4.69, 9.17) is 28.4 Å². The third-order valence-corrected chi connectivity index (χ3v) is 9.00. The first-order valence-corrected chi connectivity index (χ1v) is 20.2. The molecule has 10 heteroatoms. The van der Waals surface area contributed by atoms with Crippen LogP contribution in [0.5, 0.6) is 46.0 Å². The van der Waals surface area contributed by atoms with Gasteiger partial charge in [-0.05, 0) is 194 Å². The molecule has 310 valence electrons. The van der Waals surface area contributed by atoms with Gasteiger partial charge >= 0.3 is 11.9 Å². The summed E-state index contributed by atoms with van der Waals surface area (Å²) in [5, 5.41) is 0. The molecule has 0 aliphatic heterocycles. The van der Waals surface area contributed by atoms with Crippen LogP contribution in [0.2, 0.25) is 0 Å². The Morgan fingerprint density at radius 3 is 1.00 bits per heavy atom. The number of aliphatic imine (C=N–C) groups is 2. The zero-order valence-electron chi connectivity index (χ0n) is 34.3. The van der Waals surface area contributed by atoms with Gasteiger partial charge in [0.05, 0.1) is 35.7 Å². The molecule has 62 heavy (non-hydrogen) atoms. The van der Waals surface area contributed by atoms with E-state index in [1.807, 2.05) is 111 Å². The molecule has 0 radical (unpaired) electrons. The Morgan fingerprint density at radius 2 is 0.677 bits per heavy atom. The summed E-state index contributed by atoms with van der Waals surface area (Å²) in [5.41, 5.74) is 4.11. The molecule has 0 bridgehead atoms. The van der Waals surface area contributed by atoms with Crippen molar-refractivity contribution in [2.75, 3.05) is 13.2 Å². The van der Waals surface area contributed by atoms with Crippen molar-refractivity contribution in [2.24, 2.45) is 9.98 Å². The number of carbonyl (C=O) groups excluding carboxylic acids is 2. The number of hydrogen-bond acceptors (Lipinski definition) is 10. The number of hydrogen-bond donors (Lipinski definition) is 0. The molecule has 0 amide bonds. The van der Waals surface area contributed by atoms with Crippen LogP contribution in [0.25, 0.3) is 0 Å². The minimum atomic E-state index is -0.439. The zero-order chi connectivity index (χ0) is 42.9. The molecule has 7 rings (SSSR count). The van der Waals surface area contributed by atoms with Gasteiger partial charge in [0.2, 0.25) is 0 Å². The molecule has 0 spiro atoms. The van der Waals surface area contributed by atoms with Crippen LogP contribution in [-0.2, 0) is 0 Å². The predicted molar refractivity (Wildman–Crippen MR) is 241 cm³/mol. The topological polar surface area (TPSA) is 114 Å². The summed E-state index contributed by atoms with van der Waals surface area (Å²) in [5.74, 6) is 4.09. The molecule has 0 aliphatic carbocycles. The second kappa shape index (κ2) is 21.3. The average molecular weight is 825 g/mol. The Hall–Kier alpha value is -7.98. The van der Waals surface area contributed by atoms with E-state index in [-0.39, 0.29) is 0 Å². The normalized spacial score (nSPS) is 11.0. The monoisotopic (exact) mass is 824 g/mol. The summed E-state index contributed by atoms with van der Waals surface area (Å²) < 4.78 is 34.3. The maximum atomic E-state index is 12.6. The van der Waals surface area contributed by atoms with E-state index in [0.29, 0.717) is 58.8 Å². The highest BCUT2D eigenvalue weighted by Gasteiger charge is 2.11. The van der Waals surface area contributed by atoms with Gasteiger partial charge in [-0.25, -0.2) is 9.59 Å². The van der Waals surface area contributed by atoms with Crippen molar-refractivity contribution in [2.45, 2.75) is 26.7 Å². The van der Waals surface area contributed by atoms with Crippen LogP contribution < -0.4 is 28.4 Å². The van der Waals surface area contributed by atoms with Crippen LogP contribution in [0, 0.1) is 0 Å². The second-order valence-corrected chi connectivity index (χ2v) is 13.8. The van der Waals surface area contributed by atoms with E-state index < -0.39 is 11.9 Å². The highest BCUT2D eigenvalue weighted by Crippen LogP contribution is 2.29. The van der Waals surface area contributed by atoms with Crippen molar-refractivity contribution >= 4 is 35.7 Å². The van der Waals surface area contributed by atoms with Gasteiger partial charge in [-0.3, -0.25) is 9.98 Å². The quantitative estimate of drug-likeness (QED) is 0.0477. The lowest BCUT2D eigenvalue weighted by Gasteiger charge is -2.09. The van der Waals surface area contributed by atoms with Gasteiger partial charge in [0.25, 0.3) is 0 Å². The van der Waals surface area contributed by atoms with E-state index in [1.54, 1.807) is 85.2 Å². The molecule has 7 aromatic carbocycles. The summed E-state index contributed by atoms with van der Waals surface area (Å²) in [6, 6.07) is 50.3. The van der Waals surface area contributed by atoms with Crippen LogP contribution in [-0.4, -0.2) is 37.6 Å². The molecule has 0 heterocycles. The summed E-state index contributed by atoms with van der Waals surface area (Å²) in [7, 11) is 0. The van der Waals surface area contributed by atoms with Crippen LogP contribution >= 0.6 is 0 Å². The number of rotatable bonds is 18. The first-order chi connectivity index (χ1) is 30.4. The van der Waals surface area contributed by atoms with E-state index in [1.165, 1.54) is 0 Å². The number of ether oxygens (including phenoxy) is 6. The third kappa shape index (κ3) is 12.5. The van der Waals surface area contributed by atoms with Gasteiger partial charge in [0.15, 0.2) is 0 Å². The van der Waals surface area contributed by atoms with E-state index in [9.17, 15) is 9.59 Å². The Kier molecular flexibility index (Phi) is 14.5. The van der Waals surface area contributed by atoms with Crippen molar-refractivity contribution in [3.05, 3.63) is 192 Å². The standard InChI is InChI=1S/C52H44N2O8/c1-3-33-57-43-21-9-39(10-22-43)51(55)61-49-17-5-37(6-18-49)35-53-41-13-25-45(26-14-41)59-47-29-31-48(32-30-47)60-46-27-15-42(16-28-46)54-36-38-7-19-50(20-8-38)62-52(56)40-11-23-44(24-12-40)58-34-4-2/h5-32,35-36H,3-4,33-34H2,1-2H3. The fourth-order valence-electron chi connectivity index (χ4n) is 5.74. The number of nitrogens with zero attached hydrogens (tertiary/aromatic N) is 2. The first-order valence-electron chi connectivity index (χ1n) is 20.2. The summed E-state index contributed by atoms with van der Waals surface area (Å²) >= 11 is 0. The fraction of sp³-hybridized carbons (Fsp3) is 0.115. The highest BCUT2D eigenvalue weighted by molar-refractivity contribution is 5.92. The van der Waals surface area contributed by atoms with Gasteiger partial charge < -0.3 is 28.4 Å². The Labute approximate surface area is 360 Å². The molecule has 0 atom stereocenters. The minimum absolute atomic E-state index is 0.439. The molecule has 0 unspecified atom stereocenters. The molecule has 0 saturated carbocycles. The Balaban J connectivity index is 0.834.